The number of benzene rings is 1. The van der Waals surface area contributed by atoms with Crippen molar-refractivity contribution in [1.29, 1.82) is 0 Å². The van der Waals surface area contributed by atoms with Gasteiger partial charge >= 0.3 is 0 Å². The summed E-state index contributed by atoms with van der Waals surface area (Å²) in [5.41, 5.74) is 2.21. The first-order valence-electron chi connectivity index (χ1n) is 8.89. The van der Waals surface area contributed by atoms with Crippen LogP contribution in [0.3, 0.4) is 0 Å². The van der Waals surface area contributed by atoms with Crippen molar-refractivity contribution in [2.45, 2.75) is 51.2 Å². The van der Waals surface area contributed by atoms with E-state index in [1.165, 1.54) is 20.9 Å². The van der Waals surface area contributed by atoms with Crippen LogP contribution in [-0.2, 0) is 30.7 Å². The molecule has 0 aliphatic carbocycles. The Balaban J connectivity index is 1.64. The molecule has 1 unspecified atom stereocenters. The maximum atomic E-state index is 13.0. The van der Waals surface area contributed by atoms with Crippen LogP contribution in [0.25, 0.3) is 0 Å². The van der Waals surface area contributed by atoms with Gasteiger partial charge in [0.2, 0.25) is 5.91 Å². The van der Waals surface area contributed by atoms with Crippen LogP contribution in [0.2, 0.25) is 0 Å². The molecule has 126 valence electrons. The highest BCUT2D eigenvalue weighted by Gasteiger charge is 2.48. The number of hydrogen-bond donors (Lipinski definition) is 1. The van der Waals surface area contributed by atoms with Crippen molar-refractivity contribution in [3.63, 3.8) is 0 Å². The number of carbonyl (C=O) groups is 1. The molecule has 3 heterocycles. The molecule has 0 radical (unpaired) electrons. The molecule has 1 spiro atoms. The zero-order valence-corrected chi connectivity index (χ0v) is 15.0. The summed E-state index contributed by atoms with van der Waals surface area (Å²) in [6.07, 6.45) is 3.98. The van der Waals surface area contributed by atoms with Gasteiger partial charge in [0.15, 0.2) is 0 Å². The number of carbonyl (C=O) groups excluding carboxylic acids is 1. The van der Waals surface area contributed by atoms with Gasteiger partial charge in [-0.15, -0.1) is 11.3 Å². The van der Waals surface area contributed by atoms with E-state index in [1.807, 2.05) is 11.3 Å². The molecule has 1 N–H and O–H groups in total. The monoisotopic (exact) mass is 340 g/mol. The fraction of sp³-hybridized carbons (Fsp3) is 0.450. The molecule has 1 aromatic heterocycles. The van der Waals surface area contributed by atoms with Gasteiger partial charge in [-0.2, -0.15) is 0 Å². The highest BCUT2D eigenvalue weighted by atomic mass is 32.1. The Morgan fingerprint density at radius 1 is 1.17 bits per heavy atom. The minimum absolute atomic E-state index is 0.212. The summed E-state index contributed by atoms with van der Waals surface area (Å²) >= 11 is 1.89. The van der Waals surface area contributed by atoms with Crippen molar-refractivity contribution in [2.75, 3.05) is 6.54 Å². The minimum Gasteiger partial charge on any atom is -0.350 e. The normalized spacial score (nSPS) is 24.0. The molecular weight excluding hydrogens is 316 g/mol. The van der Waals surface area contributed by atoms with Crippen LogP contribution in [-0.4, -0.2) is 22.9 Å². The van der Waals surface area contributed by atoms with Gasteiger partial charge in [-0.1, -0.05) is 31.2 Å². The number of aryl methyl sites for hydroxylation is 1. The molecule has 1 saturated heterocycles. The lowest BCUT2D eigenvalue weighted by atomic mass is 9.87. The molecule has 2 aliphatic rings. The zero-order valence-electron chi connectivity index (χ0n) is 14.2. The molecule has 24 heavy (non-hydrogen) atoms. The van der Waals surface area contributed by atoms with Crippen LogP contribution < -0.4 is 5.32 Å². The molecule has 1 atom stereocenters. The highest BCUT2D eigenvalue weighted by molar-refractivity contribution is 7.11. The van der Waals surface area contributed by atoms with Gasteiger partial charge in [0, 0.05) is 29.3 Å². The number of nitrogens with zero attached hydrogens (tertiary/aromatic N) is 1. The van der Waals surface area contributed by atoms with E-state index in [4.69, 9.17) is 0 Å². The van der Waals surface area contributed by atoms with E-state index in [2.05, 4.69) is 53.5 Å². The van der Waals surface area contributed by atoms with Crippen LogP contribution >= 0.6 is 11.3 Å². The average molecular weight is 340 g/mol. The Kier molecular flexibility index (Phi) is 4.19. The molecule has 1 aromatic carbocycles. The Bertz CT molecular complexity index is 754. The molecule has 0 bridgehead atoms. The van der Waals surface area contributed by atoms with E-state index >= 15 is 0 Å². The summed E-state index contributed by atoms with van der Waals surface area (Å²) in [6, 6.07) is 12.9. The topological polar surface area (TPSA) is 32.3 Å². The van der Waals surface area contributed by atoms with Crippen molar-refractivity contribution in [1.82, 2.24) is 10.2 Å². The van der Waals surface area contributed by atoms with Gasteiger partial charge in [-0.25, -0.2) is 0 Å². The molecule has 2 aliphatic heterocycles. The second-order valence-corrected chi connectivity index (χ2v) is 8.16. The molecule has 1 amide bonds. The molecular formula is C20H24N2OS. The third-order valence-corrected chi connectivity index (χ3v) is 6.71. The van der Waals surface area contributed by atoms with E-state index < -0.39 is 0 Å². The van der Waals surface area contributed by atoms with Gasteiger partial charge in [-0.05, 0) is 49.1 Å². The Hall–Kier alpha value is -1.65. The van der Waals surface area contributed by atoms with E-state index in [0.717, 1.165) is 38.8 Å². The van der Waals surface area contributed by atoms with Crippen LogP contribution in [0.4, 0.5) is 0 Å². The number of rotatable bonds is 3. The first-order chi connectivity index (χ1) is 11.7. The van der Waals surface area contributed by atoms with Crippen molar-refractivity contribution in [3.05, 3.63) is 57.3 Å². The van der Waals surface area contributed by atoms with E-state index in [9.17, 15) is 4.79 Å². The summed E-state index contributed by atoms with van der Waals surface area (Å²) in [4.78, 5) is 18.2. The standard InChI is InChI=1S/C20H24N2OS/c1-2-17-8-9-18(24-17)14-22-11-5-10-20(22)12-15-6-3-4-7-16(15)13-21-19(20)23/h3-4,6-9H,2,5,10-14H2,1H3,(H,21,23). The largest absolute Gasteiger partial charge is 0.350 e. The third kappa shape index (κ3) is 2.68. The predicted molar refractivity (Wildman–Crippen MR) is 98.1 cm³/mol. The Labute approximate surface area is 147 Å². The van der Waals surface area contributed by atoms with Crippen molar-refractivity contribution in [2.24, 2.45) is 0 Å². The lowest BCUT2D eigenvalue weighted by molar-refractivity contribution is -0.132. The molecule has 2 aromatic rings. The second kappa shape index (κ2) is 6.34. The van der Waals surface area contributed by atoms with Crippen LogP contribution in [0.1, 0.15) is 40.6 Å². The minimum atomic E-state index is -0.372. The predicted octanol–water partition coefficient (Wildman–Crippen LogP) is 3.52. The molecule has 4 rings (SSSR count). The van der Waals surface area contributed by atoms with E-state index in [1.54, 1.807) is 0 Å². The third-order valence-electron chi connectivity index (χ3n) is 5.50. The van der Waals surface area contributed by atoms with Gasteiger partial charge in [0.25, 0.3) is 0 Å². The molecule has 0 saturated carbocycles. The number of thiophene rings is 1. The van der Waals surface area contributed by atoms with Gasteiger partial charge in [-0.3, -0.25) is 9.69 Å². The van der Waals surface area contributed by atoms with Crippen molar-refractivity contribution in [3.8, 4) is 0 Å². The molecule has 3 nitrogen and oxygen atoms in total. The number of likely N-dealkylation sites (tertiary alicyclic amines) is 1. The van der Waals surface area contributed by atoms with Gasteiger partial charge in [0.1, 0.15) is 5.54 Å². The highest BCUT2D eigenvalue weighted by Crippen LogP contribution is 2.37. The maximum Gasteiger partial charge on any atom is 0.241 e. The first kappa shape index (κ1) is 15.9. The number of amides is 1. The Morgan fingerprint density at radius 2 is 1.96 bits per heavy atom. The molecule has 4 heteroatoms. The second-order valence-electron chi connectivity index (χ2n) is 6.91. The number of fused-ring (bicyclic) bond motifs is 1. The summed E-state index contributed by atoms with van der Waals surface area (Å²) in [6.45, 7) is 4.75. The van der Waals surface area contributed by atoms with E-state index in [-0.39, 0.29) is 11.4 Å². The Morgan fingerprint density at radius 3 is 2.75 bits per heavy atom. The smallest absolute Gasteiger partial charge is 0.241 e. The van der Waals surface area contributed by atoms with Crippen molar-refractivity contribution < 1.29 is 4.79 Å². The SMILES string of the molecule is CCc1ccc(CN2CCCC23Cc2ccccc2CNC3=O)s1. The fourth-order valence-electron chi connectivity index (χ4n) is 4.15. The average Bonchev–Trinajstić information content (AvgIpc) is 3.18. The molecule has 1 fully saturated rings. The summed E-state index contributed by atoms with van der Waals surface area (Å²) in [5, 5.41) is 3.19. The van der Waals surface area contributed by atoms with Gasteiger partial charge in [0.05, 0.1) is 0 Å². The lowest BCUT2D eigenvalue weighted by Gasteiger charge is -2.36. The van der Waals surface area contributed by atoms with Crippen LogP contribution in [0.5, 0.6) is 0 Å². The first-order valence-corrected chi connectivity index (χ1v) is 9.70. The van der Waals surface area contributed by atoms with Gasteiger partial charge < -0.3 is 5.32 Å². The maximum absolute atomic E-state index is 13.0. The quantitative estimate of drug-likeness (QED) is 0.927. The van der Waals surface area contributed by atoms with Crippen molar-refractivity contribution >= 4 is 17.2 Å². The van der Waals surface area contributed by atoms with Crippen LogP contribution in [0.15, 0.2) is 36.4 Å². The number of nitrogens with one attached hydrogen (secondary N) is 1. The summed E-state index contributed by atoms with van der Waals surface area (Å²) in [7, 11) is 0. The lowest BCUT2D eigenvalue weighted by Crippen LogP contribution is -2.55. The summed E-state index contributed by atoms with van der Waals surface area (Å²) in [5.74, 6) is 0.212. The number of hydrogen-bond acceptors (Lipinski definition) is 3. The zero-order chi connectivity index (χ0) is 16.6. The van der Waals surface area contributed by atoms with Crippen LogP contribution in [0, 0.1) is 0 Å². The fourth-order valence-corrected chi connectivity index (χ4v) is 5.12. The van der Waals surface area contributed by atoms with E-state index in [0.29, 0.717) is 6.54 Å². The summed E-state index contributed by atoms with van der Waals surface area (Å²) < 4.78 is 0.